The zero-order valence-electron chi connectivity index (χ0n) is 15.8. The quantitative estimate of drug-likeness (QED) is 0.499. The average Bonchev–Trinajstić information content (AvgIpc) is 2.65. The van der Waals surface area contributed by atoms with Crippen molar-refractivity contribution in [3.8, 4) is 11.1 Å². The molecule has 0 atom stereocenters. The van der Waals surface area contributed by atoms with Gasteiger partial charge in [-0.25, -0.2) is 0 Å². The van der Waals surface area contributed by atoms with Crippen LogP contribution in [0.4, 0.5) is 13.2 Å². The molecule has 1 aromatic carbocycles. The largest absolute Gasteiger partial charge is 0.542 e. The summed E-state index contributed by atoms with van der Waals surface area (Å²) in [6.07, 6.45) is -2.17. The van der Waals surface area contributed by atoms with E-state index in [1.54, 1.807) is 20.3 Å². The van der Waals surface area contributed by atoms with E-state index in [0.29, 0.717) is 11.1 Å². The van der Waals surface area contributed by atoms with E-state index in [1.165, 1.54) is 15.8 Å². The van der Waals surface area contributed by atoms with Crippen LogP contribution in [-0.2, 0) is 21.5 Å². The molecule has 2 rings (SSSR count). The summed E-state index contributed by atoms with van der Waals surface area (Å²) >= 11 is 0. The Hall–Kier alpha value is -3.06. The second kappa shape index (κ2) is 10.1. The van der Waals surface area contributed by atoms with Gasteiger partial charge in [0, 0.05) is 14.1 Å². The number of carbonyl (C=O) groups excluding carboxylic acids is 2. The van der Waals surface area contributed by atoms with E-state index in [9.17, 15) is 26.4 Å². The number of aliphatic carboxylic acids is 1. The Morgan fingerprint density at radius 1 is 1.20 bits per heavy atom. The zero-order chi connectivity index (χ0) is 23.1. The summed E-state index contributed by atoms with van der Waals surface area (Å²) in [4.78, 5) is 22.5. The van der Waals surface area contributed by atoms with E-state index in [2.05, 4.69) is 5.10 Å². The molecule has 0 unspecified atom stereocenters. The fourth-order valence-electron chi connectivity index (χ4n) is 2.04. The van der Waals surface area contributed by atoms with Gasteiger partial charge in [-0.15, -0.1) is 0 Å². The molecule has 9 nitrogen and oxygen atoms in total. The number of aromatic nitrogens is 2. The summed E-state index contributed by atoms with van der Waals surface area (Å²) in [6, 6.07) is 9.28. The number of carboxylic acids is 1. The van der Waals surface area contributed by atoms with Gasteiger partial charge in [-0.2, -0.15) is 21.6 Å². The predicted octanol–water partition coefficient (Wildman–Crippen LogP) is -0.0757. The van der Waals surface area contributed by atoms with Gasteiger partial charge in [0.05, 0.1) is 11.1 Å². The van der Waals surface area contributed by atoms with Gasteiger partial charge in [-0.1, -0.05) is 35.0 Å². The monoisotopic (exact) mass is 449 g/mol. The van der Waals surface area contributed by atoms with Crippen molar-refractivity contribution in [3.05, 3.63) is 48.3 Å². The third kappa shape index (κ3) is 8.13. The van der Waals surface area contributed by atoms with Crippen LogP contribution in [0.1, 0.15) is 10.4 Å². The lowest BCUT2D eigenvalue weighted by molar-refractivity contribution is -0.749. The highest BCUT2D eigenvalue weighted by Crippen LogP contribution is 2.22. The first-order chi connectivity index (χ1) is 13.7. The van der Waals surface area contributed by atoms with E-state index in [0.717, 1.165) is 5.56 Å². The number of rotatable bonds is 5. The standard InChI is InChI=1S/C15H17N3O4S.C2HF3O2/c1-17(2)15(19)13-10-16-18(8-9-23(20,21)22)11-14(13)12-6-4-3-5-7-12;3-2(4,5)1(6)7/h3-7,10-11H,8-9H2,1-2H3;(H,6,7). The van der Waals surface area contributed by atoms with Crippen molar-refractivity contribution in [3.63, 3.8) is 0 Å². The third-order valence-electron chi connectivity index (χ3n) is 3.43. The lowest BCUT2D eigenvalue weighted by Gasteiger charge is -2.12. The lowest BCUT2D eigenvalue weighted by Crippen LogP contribution is -2.41. The van der Waals surface area contributed by atoms with E-state index < -0.39 is 28.0 Å². The highest BCUT2D eigenvalue weighted by Gasteiger charge is 2.28. The van der Waals surface area contributed by atoms with Crippen LogP contribution in [0, 0.1) is 0 Å². The number of hydrogen-bond acceptors (Lipinski definition) is 6. The van der Waals surface area contributed by atoms with Crippen LogP contribution in [0.15, 0.2) is 42.7 Å². The summed E-state index contributed by atoms with van der Waals surface area (Å²) in [7, 11) is -0.777. The first-order valence-corrected chi connectivity index (χ1v) is 9.73. The first kappa shape index (κ1) is 25.0. The molecule has 0 radical (unpaired) electrons. The minimum atomic E-state index is -5.19. The minimum absolute atomic E-state index is 0.00486. The number of aryl methyl sites for hydroxylation is 1. The van der Waals surface area contributed by atoms with E-state index >= 15 is 0 Å². The molecule has 0 aliphatic heterocycles. The number of halogens is 3. The first-order valence-electron chi connectivity index (χ1n) is 8.12. The molecule has 0 aliphatic rings. The van der Waals surface area contributed by atoms with Crippen molar-refractivity contribution in [1.82, 2.24) is 10.00 Å². The van der Waals surface area contributed by atoms with Crippen LogP contribution in [0.25, 0.3) is 11.1 Å². The molecular formula is C17H18F3N3O6S. The van der Waals surface area contributed by atoms with Gasteiger partial charge in [0.25, 0.3) is 16.0 Å². The Bertz CT molecular complexity index is 996. The number of alkyl halides is 3. The fourth-order valence-corrected chi connectivity index (χ4v) is 2.46. The molecule has 2 aromatic rings. The molecule has 1 amide bonds. The van der Waals surface area contributed by atoms with Crippen LogP contribution in [-0.4, -0.2) is 60.9 Å². The molecule has 13 heteroatoms. The number of hydrogen-bond donors (Lipinski definition) is 1. The predicted molar refractivity (Wildman–Crippen MR) is 95.4 cm³/mol. The topological polar surface area (TPSA) is 132 Å². The normalized spacial score (nSPS) is 11.3. The van der Waals surface area contributed by atoms with Crippen LogP contribution in [0.5, 0.6) is 0 Å². The summed E-state index contributed by atoms with van der Waals surface area (Å²) in [5, 5.41) is 12.8. The fraction of sp³-hybridized carbons (Fsp3) is 0.294. The summed E-state index contributed by atoms with van der Waals surface area (Å²) in [5.41, 5.74) is 1.89. The highest BCUT2D eigenvalue weighted by molar-refractivity contribution is 7.85. The van der Waals surface area contributed by atoms with Crippen molar-refractivity contribution >= 4 is 22.0 Å². The van der Waals surface area contributed by atoms with Crippen LogP contribution in [0.2, 0.25) is 0 Å². The number of nitrogens with zero attached hydrogens (tertiary/aromatic N) is 3. The lowest BCUT2D eigenvalue weighted by atomic mass is 10.0. The molecule has 0 aliphatic carbocycles. The minimum Gasteiger partial charge on any atom is -0.542 e. The summed E-state index contributed by atoms with van der Waals surface area (Å²) in [6.45, 7) is -0.00486. The van der Waals surface area contributed by atoms with Gasteiger partial charge in [0.2, 0.25) is 6.20 Å². The second-order valence-electron chi connectivity index (χ2n) is 6.00. The molecule has 1 heterocycles. The maximum absolute atomic E-state index is 12.3. The van der Waals surface area contributed by atoms with Crippen LogP contribution >= 0.6 is 0 Å². The van der Waals surface area contributed by atoms with Crippen molar-refractivity contribution in [2.24, 2.45) is 0 Å². The van der Waals surface area contributed by atoms with Gasteiger partial charge < -0.3 is 14.8 Å². The van der Waals surface area contributed by atoms with Crippen molar-refractivity contribution in [1.29, 1.82) is 0 Å². The third-order valence-corrected chi connectivity index (χ3v) is 4.13. The molecule has 1 N–H and O–H groups in total. The molecule has 0 fully saturated rings. The number of benzene rings is 1. The molecular weight excluding hydrogens is 431 g/mol. The van der Waals surface area contributed by atoms with Crippen molar-refractivity contribution in [2.45, 2.75) is 12.7 Å². The number of amides is 1. The maximum Gasteiger partial charge on any atom is 0.430 e. The Labute approximate surface area is 170 Å². The number of carbonyl (C=O) groups is 2. The SMILES string of the molecule is CN(C)C(=O)c1cn[n+](CCS(=O)(=O)O)cc1-c1ccccc1.O=C([O-])C(F)(F)F. The Morgan fingerprint density at radius 2 is 1.73 bits per heavy atom. The molecule has 0 saturated carbocycles. The maximum atomic E-state index is 12.3. The molecule has 0 bridgehead atoms. The Morgan fingerprint density at radius 3 is 2.17 bits per heavy atom. The molecule has 30 heavy (non-hydrogen) atoms. The van der Waals surface area contributed by atoms with Gasteiger partial charge in [-0.05, 0) is 10.7 Å². The summed E-state index contributed by atoms with van der Waals surface area (Å²) < 4.78 is 63.5. The van der Waals surface area contributed by atoms with Crippen molar-refractivity contribution < 1.29 is 45.5 Å². The van der Waals surface area contributed by atoms with Gasteiger partial charge in [0.1, 0.15) is 17.9 Å². The van der Waals surface area contributed by atoms with E-state index in [-0.39, 0.29) is 12.5 Å². The molecule has 1 aromatic heterocycles. The molecule has 164 valence electrons. The second-order valence-corrected chi connectivity index (χ2v) is 7.57. The summed E-state index contributed by atoms with van der Waals surface area (Å²) in [5.74, 6) is -3.65. The Kier molecular flexibility index (Phi) is 8.42. The van der Waals surface area contributed by atoms with Gasteiger partial charge in [0.15, 0.2) is 6.54 Å². The van der Waals surface area contributed by atoms with Gasteiger partial charge >= 0.3 is 6.18 Å². The molecule has 0 saturated heterocycles. The highest BCUT2D eigenvalue weighted by atomic mass is 32.2. The van der Waals surface area contributed by atoms with Crippen molar-refractivity contribution in [2.75, 3.05) is 19.8 Å². The molecule has 0 spiro atoms. The van der Waals surface area contributed by atoms with E-state index in [4.69, 9.17) is 14.5 Å². The van der Waals surface area contributed by atoms with Gasteiger partial charge in [-0.3, -0.25) is 9.35 Å². The average molecular weight is 449 g/mol. The van der Waals surface area contributed by atoms with Crippen LogP contribution in [0.3, 0.4) is 0 Å². The van der Waals surface area contributed by atoms with Crippen LogP contribution < -0.4 is 9.79 Å². The number of carboxylic acid groups (broad SMARTS) is 1. The van der Waals surface area contributed by atoms with E-state index in [1.807, 2.05) is 30.3 Å². The smallest absolute Gasteiger partial charge is 0.430 e. The zero-order valence-corrected chi connectivity index (χ0v) is 16.6. The Balaban J connectivity index is 0.000000553.